The zero-order valence-electron chi connectivity index (χ0n) is 15.4. The summed E-state index contributed by atoms with van der Waals surface area (Å²) in [6, 6.07) is 15.5. The average molecular weight is 367 g/mol. The van der Waals surface area contributed by atoms with Crippen molar-refractivity contribution in [1.29, 1.82) is 0 Å². The Bertz CT molecular complexity index is 889. The van der Waals surface area contributed by atoms with Crippen LogP contribution in [0.1, 0.15) is 24.5 Å². The average Bonchev–Trinajstić information content (AvgIpc) is 3.09. The molecule has 1 N–H and O–H groups in total. The minimum Gasteiger partial charge on any atom is -0.481 e. The lowest BCUT2D eigenvalue weighted by molar-refractivity contribution is -0.122. The van der Waals surface area contributed by atoms with Crippen molar-refractivity contribution in [3.8, 4) is 5.75 Å². The van der Waals surface area contributed by atoms with Crippen LogP contribution in [0.2, 0.25) is 0 Å². The molecule has 0 unspecified atom stereocenters. The number of anilines is 1. The molecule has 5 nitrogen and oxygen atoms in total. The molecule has 1 atom stereocenters. The number of rotatable bonds is 7. The van der Waals surface area contributed by atoms with Gasteiger partial charge in [0, 0.05) is 6.07 Å². The van der Waals surface area contributed by atoms with E-state index >= 15 is 0 Å². The van der Waals surface area contributed by atoms with Crippen LogP contribution in [0.3, 0.4) is 0 Å². The zero-order chi connectivity index (χ0) is 19.2. The number of benzene rings is 2. The summed E-state index contributed by atoms with van der Waals surface area (Å²) in [6.45, 7) is 4.45. The standard InChI is InChI=1S/C21H22FN3O2/c1-3-19(27-18-10-8-17(22)9-11-18)21(26)24-20-12-13-23-25(20)14-16-6-4-15(2)5-7-16/h4-13,19H,3,14H2,1-2H3,(H,24,26)/t19-/m0/s1. The van der Waals surface area contributed by atoms with Crippen molar-refractivity contribution in [1.82, 2.24) is 9.78 Å². The van der Waals surface area contributed by atoms with Gasteiger partial charge in [-0.1, -0.05) is 36.8 Å². The number of carbonyl (C=O) groups is 1. The van der Waals surface area contributed by atoms with Crippen LogP contribution >= 0.6 is 0 Å². The molecule has 1 heterocycles. The number of amides is 1. The van der Waals surface area contributed by atoms with Crippen molar-refractivity contribution < 1.29 is 13.9 Å². The molecule has 2 aromatic carbocycles. The van der Waals surface area contributed by atoms with Gasteiger partial charge < -0.3 is 10.1 Å². The molecule has 0 aliphatic heterocycles. The predicted octanol–water partition coefficient (Wildman–Crippen LogP) is 4.18. The maximum Gasteiger partial charge on any atom is 0.266 e. The van der Waals surface area contributed by atoms with E-state index in [1.807, 2.05) is 38.1 Å². The van der Waals surface area contributed by atoms with Crippen molar-refractivity contribution >= 4 is 11.7 Å². The van der Waals surface area contributed by atoms with Gasteiger partial charge in [-0.25, -0.2) is 9.07 Å². The van der Waals surface area contributed by atoms with Gasteiger partial charge in [0.1, 0.15) is 17.4 Å². The Labute approximate surface area is 157 Å². The highest BCUT2D eigenvalue weighted by Gasteiger charge is 2.20. The Balaban J connectivity index is 1.67. The number of nitrogens with one attached hydrogen (secondary N) is 1. The van der Waals surface area contributed by atoms with E-state index in [4.69, 9.17) is 4.74 Å². The van der Waals surface area contributed by atoms with Gasteiger partial charge in [0.2, 0.25) is 0 Å². The molecule has 27 heavy (non-hydrogen) atoms. The molecule has 140 valence electrons. The summed E-state index contributed by atoms with van der Waals surface area (Å²) in [5.74, 6) is 0.431. The number of nitrogens with zero attached hydrogens (tertiary/aromatic N) is 2. The first-order valence-electron chi connectivity index (χ1n) is 8.85. The molecule has 1 amide bonds. The molecule has 0 spiro atoms. The molecule has 3 aromatic rings. The Hall–Kier alpha value is -3.15. The van der Waals surface area contributed by atoms with Gasteiger partial charge in [-0.2, -0.15) is 5.10 Å². The summed E-state index contributed by atoms with van der Waals surface area (Å²) in [4.78, 5) is 12.6. The van der Waals surface area contributed by atoms with Gasteiger partial charge in [0.25, 0.3) is 5.91 Å². The van der Waals surface area contributed by atoms with Crippen LogP contribution in [-0.4, -0.2) is 21.8 Å². The second-order valence-corrected chi connectivity index (χ2v) is 6.32. The zero-order valence-corrected chi connectivity index (χ0v) is 15.4. The third-order valence-electron chi connectivity index (χ3n) is 4.18. The summed E-state index contributed by atoms with van der Waals surface area (Å²) in [5, 5.41) is 7.15. The van der Waals surface area contributed by atoms with E-state index in [2.05, 4.69) is 10.4 Å². The monoisotopic (exact) mass is 367 g/mol. The quantitative estimate of drug-likeness (QED) is 0.682. The lowest BCUT2D eigenvalue weighted by Crippen LogP contribution is -2.33. The van der Waals surface area contributed by atoms with Crippen LogP contribution in [0, 0.1) is 12.7 Å². The highest BCUT2D eigenvalue weighted by Crippen LogP contribution is 2.16. The molecular weight excluding hydrogens is 345 g/mol. The number of ether oxygens (including phenoxy) is 1. The molecule has 0 radical (unpaired) electrons. The number of halogens is 1. The fourth-order valence-corrected chi connectivity index (χ4v) is 2.64. The SMILES string of the molecule is CC[C@H](Oc1ccc(F)cc1)C(=O)Nc1ccnn1Cc1ccc(C)cc1. The number of aryl methyl sites for hydroxylation is 1. The minimum atomic E-state index is -0.682. The first-order chi connectivity index (χ1) is 13.0. The highest BCUT2D eigenvalue weighted by molar-refractivity contribution is 5.93. The molecule has 0 saturated carbocycles. The van der Waals surface area contributed by atoms with E-state index in [9.17, 15) is 9.18 Å². The second-order valence-electron chi connectivity index (χ2n) is 6.32. The molecule has 0 aliphatic rings. The normalized spacial score (nSPS) is 11.8. The Morgan fingerprint density at radius 3 is 2.52 bits per heavy atom. The van der Waals surface area contributed by atoms with Crippen LogP contribution in [-0.2, 0) is 11.3 Å². The van der Waals surface area contributed by atoms with Gasteiger partial charge >= 0.3 is 0 Å². The van der Waals surface area contributed by atoms with Gasteiger partial charge in [-0.3, -0.25) is 4.79 Å². The maximum atomic E-state index is 13.0. The summed E-state index contributed by atoms with van der Waals surface area (Å²) in [5.41, 5.74) is 2.28. The Morgan fingerprint density at radius 1 is 1.15 bits per heavy atom. The highest BCUT2D eigenvalue weighted by atomic mass is 19.1. The molecular formula is C21H22FN3O2. The molecule has 3 rings (SSSR count). The van der Waals surface area contributed by atoms with Gasteiger partial charge in [-0.05, 0) is 43.2 Å². The fourth-order valence-electron chi connectivity index (χ4n) is 2.64. The third-order valence-corrected chi connectivity index (χ3v) is 4.18. The summed E-state index contributed by atoms with van der Waals surface area (Å²) in [6.07, 6.45) is 1.44. The van der Waals surface area contributed by atoms with Crippen LogP contribution < -0.4 is 10.1 Å². The molecule has 1 aromatic heterocycles. The minimum absolute atomic E-state index is 0.271. The van der Waals surface area contributed by atoms with E-state index in [1.165, 1.54) is 29.8 Å². The van der Waals surface area contributed by atoms with Crippen molar-refractivity contribution in [2.24, 2.45) is 0 Å². The van der Waals surface area contributed by atoms with Crippen LogP contribution in [0.4, 0.5) is 10.2 Å². The molecule has 6 heteroatoms. The van der Waals surface area contributed by atoms with Gasteiger partial charge in [-0.15, -0.1) is 0 Å². The van der Waals surface area contributed by atoms with E-state index in [0.29, 0.717) is 24.5 Å². The molecule has 0 aliphatic carbocycles. The van der Waals surface area contributed by atoms with Crippen molar-refractivity contribution in [3.05, 3.63) is 77.7 Å². The van der Waals surface area contributed by atoms with Gasteiger partial charge in [0.15, 0.2) is 6.10 Å². The van der Waals surface area contributed by atoms with E-state index in [0.717, 1.165) is 5.56 Å². The molecule has 0 fully saturated rings. The van der Waals surface area contributed by atoms with E-state index in [1.54, 1.807) is 16.9 Å². The topological polar surface area (TPSA) is 56.1 Å². The molecule has 0 saturated heterocycles. The predicted molar refractivity (Wildman–Crippen MR) is 102 cm³/mol. The van der Waals surface area contributed by atoms with Crippen LogP contribution in [0.15, 0.2) is 60.8 Å². The molecule has 0 bridgehead atoms. The summed E-state index contributed by atoms with van der Waals surface area (Å²) < 4.78 is 20.4. The number of aromatic nitrogens is 2. The summed E-state index contributed by atoms with van der Waals surface area (Å²) >= 11 is 0. The second kappa shape index (κ2) is 8.49. The fraction of sp³-hybridized carbons (Fsp3) is 0.238. The maximum absolute atomic E-state index is 13.0. The van der Waals surface area contributed by atoms with Crippen LogP contribution in [0.25, 0.3) is 0 Å². The lowest BCUT2D eigenvalue weighted by atomic mass is 10.1. The first-order valence-corrected chi connectivity index (χ1v) is 8.85. The Kier molecular flexibility index (Phi) is 5.86. The number of carbonyl (C=O) groups excluding carboxylic acids is 1. The third kappa shape index (κ3) is 4.94. The van der Waals surface area contributed by atoms with E-state index in [-0.39, 0.29) is 11.7 Å². The number of hydrogen-bond donors (Lipinski definition) is 1. The number of hydrogen-bond acceptors (Lipinski definition) is 3. The largest absolute Gasteiger partial charge is 0.481 e. The lowest BCUT2D eigenvalue weighted by Gasteiger charge is -2.18. The van der Waals surface area contributed by atoms with Crippen molar-refractivity contribution in [3.63, 3.8) is 0 Å². The van der Waals surface area contributed by atoms with Crippen LogP contribution in [0.5, 0.6) is 5.75 Å². The van der Waals surface area contributed by atoms with Gasteiger partial charge in [0.05, 0.1) is 12.7 Å². The van der Waals surface area contributed by atoms with Crippen molar-refractivity contribution in [2.75, 3.05) is 5.32 Å². The van der Waals surface area contributed by atoms with Crippen molar-refractivity contribution in [2.45, 2.75) is 32.9 Å². The summed E-state index contributed by atoms with van der Waals surface area (Å²) in [7, 11) is 0. The Morgan fingerprint density at radius 2 is 1.85 bits per heavy atom. The van der Waals surface area contributed by atoms with E-state index < -0.39 is 6.10 Å². The smallest absolute Gasteiger partial charge is 0.266 e. The first kappa shape index (κ1) is 18.6.